The maximum atomic E-state index is 12.3. The molecule has 1 fully saturated rings. The first-order chi connectivity index (χ1) is 15.0. The first-order valence-electron chi connectivity index (χ1n) is 10.2. The van der Waals surface area contributed by atoms with Crippen LogP contribution >= 0.6 is 11.8 Å². The van der Waals surface area contributed by atoms with E-state index in [-0.39, 0.29) is 5.56 Å². The minimum Gasteiger partial charge on any atom is -0.495 e. The van der Waals surface area contributed by atoms with Gasteiger partial charge >= 0.3 is 0 Å². The van der Waals surface area contributed by atoms with E-state index in [9.17, 15) is 4.79 Å². The molecule has 0 radical (unpaired) electrons. The van der Waals surface area contributed by atoms with Crippen LogP contribution in [0.5, 0.6) is 5.75 Å². The van der Waals surface area contributed by atoms with Crippen LogP contribution in [0.4, 0.5) is 11.6 Å². The second kappa shape index (κ2) is 9.38. The maximum Gasteiger partial charge on any atom is 0.252 e. The summed E-state index contributed by atoms with van der Waals surface area (Å²) in [6.07, 6.45) is 0. The van der Waals surface area contributed by atoms with Crippen molar-refractivity contribution in [1.82, 2.24) is 19.9 Å². The van der Waals surface area contributed by atoms with Crippen molar-refractivity contribution in [1.29, 1.82) is 0 Å². The molecule has 31 heavy (non-hydrogen) atoms. The van der Waals surface area contributed by atoms with Crippen molar-refractivity contribution < 1.29 is 4.74 Å². The molecule has 1 aliphatic heterocycles. The number of aromatic nitrogens is 4. The average molecular weight is 439 g/mol. The summed E-state index contributed by atoms with van der Waals surface area (Å²) in [6, 6.07) is 11.5. The van der Waals surface area contributed by atoms with Gasteiger partial charge in [-0.25, -0.2) is 15.0 Å². The number of anilines is 2. The van der Waals surface area contributed by atoms with Gasteiger partial charge in [-0.3, -0.25) is 9.78 Å². The maximum absolute atomic E-state index is 12.3. The number of benzene rings is 1. The molecule has 0 spiro atoms. The molecule has 1 aliphatic rings. The number of nitrogens with zero attached hydrogens (tertiary/aromatic N) is 5. The number of hydrogen-bond donors (Lipinski definition) is 1. The van der Waals surface area contributed by atoms with E-state index >= 15 is 0 Å². The molecule has 0 saturated carbocycles. The number of H-pyrrole nitrogens is 1. The Labute approximate surface area is 185 Å². The summed E-state index contributed by atoms with van der Waals surface area (Å²) in [6.45, 7) is 7.06. The zero-order valence-corrected chi connectivity index (χ0v) is 18.8. The first kappa shape index (κ1) is 21.2. The number of methoxy groups -OCH3 is 1. The van der Waals surface area contributed by atoms with Crippen molar-refractivity contribution in [2.45, 2.75) is 24.8 Å². The molecule has 1 aromatic carbocycles. The summed E-state index contributed by atoms with van der Waals surface area (Å²) in [7, 11) is 1.69. The summed E-state index contributed by atoms with van der Waals surface area (Å²) < 4.78 is 5.49. The molecule has 1 N–H and O–H groups in total. The number of aromatic amines is 1. The number of ether oxygens (including phenoxy) is 1. The van der Waals surface area contributed by atoms with E-state index in [1.54, 1.807) is 13.2 Å². The zero-order chi connectivity index (χ0) is 21.8. The van der Waals surface area contributed by atoms with E-state index in [0.717, 1.165) is 54.7 Å². The Hall–Kier alpha value is -3.07. The Morgan fingerprint density at radius 3 is 2.39 bits per heavy atom. The monoisotopic (exact) mass is 438 g/mol. The predicted molar refractivity (Wildman–Crippen MR) is 123 cm³/mol. The predicted octanol–water partition coefficient (Wildman–Crippen LogP) is 2.80. The van der Waals surface area contributed by atoms with Gasteiger partial charge in [-0.15, -0.1) is 0 Å². The van der Waals surface area contributed by atoms with Crippen LogP contribution in [0.3, 0.4) is 0 Å². The van der Waals surface area contributed by atoms with Gasteiger partial charge in [0.05, 0.1) is 18.5 Å². The van der Waals surface area contributed by atoms with Crippen molar-refractivity contribution in [2.75, 3.05) is 43.1 Å². The third-order valence-electron chi connectivity index (χ3n) is 5.10. The average Bonchev–Trinajstić information content (AvgIpc) is 2.77. The summed E-state index contributed by atoms with van der Waals surface area (Å²) >= 11 is 1.49. The van der Waals surface area contributed by atoms with Crippen LogP contribution in [0.25, 0.3) is 0 Å². The van der Waals surface area contributed by atoms with Crippen molar-refractivity contribution in [3.63, 3.8) is 0 Å². The van der Waals surface area contributed by atoms with Crippen LogP contribution < -0.4 is 20.1 Å². The molecule has 3 aromatic rings. The summed E-state index contributed by atoms with van der Waals surface area (Å²) in [5.41, 5.74) is 3.53. The Bertz CT molecular complexity index is 1090. The zero-order valence-electron chi connectivity index (χ0n) is 18.0. The molecule has 8 nitrogen and oxygen atoms in total. The van der Waals surface area contributed by atoms with Crippen molar-refractivity contribution >= 4 is 23.4 Å². The standard InChI is InChI=1S/C22H26N6O2S/c1-15-12-16(2)24-22(23-15)31-14-17-13-20(29)26-21(25-17)28-10-8-27(9-11-28)18-6-4-5-7-19(18)30-3/h4-7,12-13H,8-11,14H2,1-3H3,(H,25,26,29). The van der Waals surface area contributed by atoms with Crippen LogP contribution in [-0.2, 0) is 5.75 Å². The molecular weight excluding hydrogens is 412 g/mol. The molecular formula is C22H26N6O2S. The summed E-state index contributed by atoms with van der Waals surface area (Å²) in [5.74, 6) is 2.03. The highest BCUT2D eigenvalue weighted by Crippen LogP contribution is 2.28. The van der Waals surface area contributed by atoms with Crippen molar-refractivity contribution in [3.05, 3.63) is 63.8 Å². The van der Waals surface area contributed by atoms with Crippen molar-refractivity contribution in [3.8, 4) is 5.75 Å². The van der Waals surface area contributed by atoms with E-state index in [4.69, 9.17) is 9.72 Å². The SMILES string of the molecule is COc1ccccc1N1CCN(c2nc(CSc3nc(C)cc(C)n3)cc(=O)[nH]2)CC1. The number of piperazine rings is 1. The smallest absolute Gasteiger partial charge is 0.252 e. The van der Waals surface area contributed by atoms with Gasteiger partial charge in [-0.2, -0.15) is 0 Å². The van der Waals surface area contributed by atoms with Gasteiger partial charge in [0.1, 0.15) is 5.75 Å². The van der Waals surface area contributed by atoms with Gasteiger partial charge < -0.3 is 14.5 Å². The molecule has 0 atom stereocenters. The Balaban J connectivity index is 1.43. The highest BCUT2D eigenvalue weighted by atomic mass is 32.2. The lowest BCUT2D eigenvalue weighted by molar-refractivity contribution is 0.413. The van der Waals surface area contributed by atoms with Crippen molar-refractivity contribution in [2.24, 2.45) is 0 Å². The van der Waals surface area contributed by atoms with E-state index in [2.05, 4.69) is 30.8 Å². The topological polar surface area (TPSA) is 87.2 Å². The van der Waals surface area contributed by atoms with Gasteiger partial charge in [0.25, 0.3) is 5.56 Å². The second-order valence-corrected chi connectivity index (χ2v) is 8.37. The quantitative estimate of drug-likeness (QED) is 0.464. The molecule has 0 bridgehead atoms. The third kappa shape index (κ3) is 5.16. The minimum atomic E-state index is -0.144. The van der Waals surface area contributed by atoms with Gasteiger partial charge in [0.2, 0.25) is 5.95 Å². The number of rotatable bonds is 6. The van der Waals surface area contributed by atoms with Gasteiger partial charge in [-0.05, 0) is 32.0 Å². The van der Waals surface area contributed by atoms with E-state index in [1.165, 1.54) is 11.8 Å². The van der Waals surface area contributed by atoms with E-state index < -0.39 is 0 Å². The number of nitrogens with one attached hydrogen (secondary N) is 1. The number of para-hydroxylation sites is 2. The third-order valence-corrected chi connectivity index (χ3v) is 5.98. The Kier molecular flexibility index (Phi) is 6.41. The highest BCUT2D eigenvalue weighted by molar-refractivity contribution is 7.98. The fourth-order valence-corrected chi connectivity index (χ4v) is 4.51. The Morgan fingerprint density at radius 1 is 1.00 bits per heavy atom. The highest BCUT2D eigenvalue weighted by Gasteiger charge is 2.21. The van der Waals surface area contributed by atoms with Gasteiger partial charge in [0.15, 0.2) is 5.16 Å². The minimum absolute atomic E-state index is 0.144. The molecule has 9 heteroatoms. The summed E-state index contributed by atoms with van der Waals surface area (Å²) in [4.78, 5) is 33.1. The summed E-state index contributed by atoms with van der Waals surface area (Å²) in [5, 5.41) is 0.701. The molecule has 0 aliphatic carbocycles. The molecule has 4 rings (SSSR count). The fraction of sp³-hybridized carbons (Fsp3) is 0.364. The lowest BCUT2D eigenvalue weighted by atomic mass is 10.2. The molecule has 1 saturated heterocycles. The van der Waals surface area contributed by atoms with Gasteiger partial charge in [0, 0.05) is 49.4 Å². The lowest BCUT2D eigenvalue weighted by Gasteiger charge is -2.36. The van der Waals surface area contributed by atoms with Crippen LogP contribution in [0.2, 0.25) is 0 Å². The largest absolute Gasteiger partial charge is 0.495 e. The fourth-order valence-electron chi connectivity index (χ4n) is 3.66. The number of thioether (sulfide) groups is 1. The first-order valence-corrected chi connectivity index (χ1v) is 11.2. The van der Waals surface area contributed by atoms with Gasteiger partial charge in [-0.1, -0.05) is 23.9 Å². The van der Waals surface area contributed by atoms with E-state index in [1.807, 2.05) is 38.1 Å². The van der Waals surface area contributed by atoms with Crippen LogP contribution in [-0.4, -0.2) is 53.2 Å². The number of aryl methyl sites for hydroxylation is 2. The van der Waals surface area contributed by atoms with E-state index in [0.29, 0.717) is 16.9 Å². The molecule has 2 aromatic heterocycles. The van der Waals surface area contributed by atoms with Crippen LogP contribution in [0.1, 0.15) is 17.1 Å². The normalized spacial score (nSPS) is 14.0. The molecule has 0 unspecified atom stereocenters. The lowest BCUT2D eigenvalue weighted by Crippen LogP contribution is -2.47. The molecule has 3 heterocycles. The molecule has 162 valence electrons. The molecule has 0 amide bonds. The number of hydrogen-bond acceptors (Lipinski definition) is 8. The second-order valence-electron chi connectivity index (χ2n) is 7.43. The Morgan fingerprint density at radius 2 is 1.68 bits per heavy atom. The van der Waals surface area contributed by atoms with Crippen LogP contribution in [0, 0.1) is 13.8 Å². The van der Waals surface area contributed by atoms with Crippen LogP contribution in [0.15, 0.2) is 46.3 Å².